The molecule has 0 atom stereocenters. The van der Waals surface area contributed by atoms with Crippen LogP contribution in [0, 0.1) is 6.92 Å². The maximum absolute atomic E-state index is 3.94. The minimum Gasteiger partial charge on any atom is -0.382 e. The Kier molecular flexibility index (Phi) is 6.45. The number of aryl methyl sites for hydroxylation is 1. The summed E-state index contributed by atoms with van der Waals surface area (Å²) in [6.07, 6.45) is 16.1. The van der Waals surface area contributed by atoms with Crippen molar-refractivity contribution in [3.63, 3.8) is 0 Å². The first kappa shape index (κ1) is 17.6. The van der Waals surface area contributed by atoms with Crippen LogP contribution in [0.4, 0.5) is 11.4 Å². The first-order chi connectivity index (χ1) is 11.8. The summed E-state index contributed by atoms with van der Waals surface area (Å²) in [7, 11) is 0. The number of hydrogen-bond acceptors (Lipinski definition) is 2. The Hall–Kier alpha value is -1.18. The van der Waals surface area contributed by atoms with Crippen molar-refractivity contribution in [1.29, 1.82) is 0 Å². The maximum atomic E-state index is 3.94. The average molecular weight is 329 g/mol. The molecule has 0 radical (unpaired) electrons. The van der Waals surface area contributed by atoms with Gasteiger partial charge in [0, 0.05) is 23.5 Å². The molecular weight excluding hydrogens is 292 g/mol. The second-order valence-electron chi connectivity index (χ2n) is 7.98. The summed E-state index contributed by atoms with van der Waals surface area (Å²) in [5.74, 6) is 0. The summed E-state index contributed by atoms with van der Waals surface area (Å²) >= 11 is 0. The van der Waals surface area contributed by atoms with Crippen molar-refractivity contribution in [2.45, 2.75) is 103 Å². The zero-order chi connectivity index (χ0) is 16.8. The smallest absolute Gasteiger partial charge is 0.0425 e. The highest BCUT2D eigenvalue weighted by Crippen LogP contribution is 2.33. The zero-order valence-electron chi connectivity index (χ0n) is 15.8. The van der Waals surface area contributed by atoms with Crippen LogP contribution in [0.15, 0.2) is 12.1 Å². The van der Waals surface area contributed by atoms with E-state index in [0.29, 0.717) is 12.1 Å². The van der Waals surface area contributed by atoms with Crippen molar-refractivity contribution in [3.8, 4) is 0 Å². The van der Waals surface area contributed by atoms with Gasteiger partial charge in [-0.25, -0.2) is 0 Å². The van der Waals surface area contributed by atoms with E-state index in [1.54, 1.807) is 0 Å². The van der Waals surface area contributed by atoms with Gasteiger partial charge in [-0.05, 0) is 56.2 Å². The fraction of sp³-hybridized carbons (Fsp3) is 0.727. The lowest BCUT2D eigenvalue weighted by Crippen LogP contribution is -2.25. The van der Waals surface area contributed by atoms with Gasteiger partial charge < -0.3 is 10.6 Å². The second kappa shape index (κ2) is 8.78. The molecule has 3 rings (SSSR count). The molecule has 0 amide bonds. The number of nitrogens with one attached hydrogen (secondary N) is 2. The van der Waals surface area contributed by atoms with Crippen LogP contribution in [0.2, 0.25) is 0 Å². The minimum atomic E-state index is 0.678. The van der Waals surface area contributed by atoms with E-state index in [1.807, 2.05) is 0 Å². The molecule has 0 saturated heterocycles. The Morgan fingerprint density at radius 3 is 2.00 bits per heavy atom. The van der Waals surface area contributed by atoms with Crippen LogP contribution in [0.1, 0.15) is 88.7 Å². The SMILES string of the molecule is CCCc1ccc(NC2CCCCC2)c(C)c1NC1CCCCC1. The molecule has 2 saturated carbocycles. The number of hydrogen-bond donors (Lipinski definition) is 2. The quantitative estimate of drug-likeness (QED) is 0.628. The number of benzene rings is 1. The highest BCUT2D eigenvalue weighted by Gasteiger charge is 2.19. The monoisotopic (exact) mass is 328 g/mol. The van der Waals surface area contributed by atoms with Gasteiger partial charge in [-0.15, -0.1) is 0 Å². The van der Waals surface area contributed by atoms with Gasteiger partial charge in [-0.3, -0.25) is 0 Å². The minimum absolute atomic E-state index is 0.678. The van der Waals surface area contributed by atoms with Crippen LogP contribution in [0.25, 0.3) is 0 Å². The Balaban J connectivity index is 1.78. The third-order valence-electron chi connectivity index (χ3n) is 5.99. The van der Waals surface area contributed by atoms with Gasteiger partial charge in [0.15, 0.2) is 0 Å². The number of anilines is 2. The third kappa shape index (κ3) is 4.46. The largest absolute Gasteiger partial charge is 0.382 e. The first-order valence-corrected chi connectivity index (χ1v) is 10.4. The molecule has 0 aromatic heterocycles. The molecule has 1 aromatic rings. The van der Waals surface area contributed by atoms with E-state index in [1.165, 1.54) is 99.6 Å². The highest BCUT2D eigenvalue weighted by molar-refractivity contribution is 5.69. The molecule has 2 aliphatic rings. The summed E-state index contributed by atoms with van der Waals surface area (Å²) in [4.78, 5) is 0. The van der Waals surface area contributed by atoms with Gasteiger partial charge in [-0.1, -0.05) is 57.9 Å². The standard InChI is InChI=1S/C22H36N2/c1-3-10-18-15-16-21(23-19-11-6-4-7-12-19)17(2)22(18)24-20-13-8-5-9-14-20/h15-16,19-20,23-24H,3-14H2,1-2H3. The molecule has 2 heteroatoms. The van der Waals surface area contributed by atoms with Gasteiger partial charge in [0.25, 0.3) is 0 Å². The van der Waals surface area contributed by atoms with Gasteiger partial charge in [0.2, 0.25) is 0 Å². The van der Waals surface area contributed by atoms with Crippen LogP contribution in [0.3, 0.4) is 0 Å². The predicted molar refractivity (Wildman–Crippen MR) is 106 cm³/mol. The summed E-state index contributed by atoms with van der Waals surface area (Å²) < 4.78 is 0. The van der Waals surface area contributed by atoms with E-state index in [4.69, 9.17) is 0 Å². The van der Waals surface area contributed by atoms with E-state index < -0.39 is 0 Å². The van der Waals surface area contributed by atoms with Crippen molar-refractivity contribution < 1.29 is 0 Å². The fourth-order valence-corrected chi connectivity index (χ4v) is 4.52. The van der Waals surface area contributed by atoms with Crippen molar-refractivity contribution in [3.05, 3.63) is 23.3 Å². The molecule has 2 N–H and O–H groups in total. The Labute approximate surface area is 148 Å². The van der Waals surface area contributed by atoms with E-state index in [0.717, 1.165) is 0 Å². The van der Waals surface area contributed by atoms with Crippen molar-refractivity contribution in [1.82, 2.24) is 0 Å². The van der Waals surface area contributed by atoms with Gasteiger partial charge in [0.05, 0.1) is 0 Å². The van der Waals surface area contributed by atoms with E-state index in [9.17, 15) is 0 Å². The molecule has 0 aliphatic heterocycles. The molecule has 0 unspecified atom stereocenters. The van der Waals surface area contributed by atoms with Gasteiger partial charge in [0.1, 0.15) is 0 Å². The summed E-state index contributed by atoms with van der Waals surface area (Å²) in [5.41, 5.74) is 5.75. The van der Waals surface area contributed by atoms with Crippen LogP contribution >= 0.6 is 0 Å². The highest BCUT2D eigenvalue weighted by atomic mass is 15.0. The first-order valence-electron chi connectivity index (χ1n) is 10.4. The molecule has 0 spiro atoms. The summed E-state index contributed by atoms with van der Waals surface area (Å²) in [6, 6.07) is 6.06. The normalized spacial score (nSPS) is 20.1. The molecule has 0 heterocycles. The lowest BCUT2D eigenvalue weighted by atomic mass is 9.93. The molecule has 24 heavy (non-hydrogen) atoms. The van der Waals surface area contributed by atoms with E-state index in [-0.39, 0.29) is 0 Å². The Morgan fingerprint density at radius 2 is 1.42 bits per heavy atom. The van der Waals surface area contributed by atoms with Gasteiger partial charge in [-0.2, -0.15) is 0 Å². The van der Waals surface area contributed by atoms with Crippen LogP contribution < -0.4 is 10.6 Å². The lowest BCUT2D eigenvalue weighted by molar-refractivity contribution is 0.461. The van der Waals surface area contributed by atoms with Crippen molar-refractivity contribution >= 4 is 11.4 Å². The van der Waals surface area contributed by atoms with Crippen LogP contribution in [-0.2, 0) is 6.42 Å². The average Bonchev–Trinajstić information content (AvgIpc) is 2.62. The Morgan fingerprint density at radius 1 is 0.833 bits per heavy atom. The zero-order valence-corrected chi connectivity index (χ0v) is 15.8. The van der Waals surface area contributed by atoms with Crippen molar-refractivity contribution in [2.24, 2.45) is 0 Å². The van der Waals surface area contributed by atoms with Crippen LogP contribution in [-0.4, -0.2) is 12.1 Å². The van der Waals surface area contributed by atoms with E-state index >= 15 is 0 Å². The van der Waals surface area contributed by atoms with Crippen LogP contribution in [0.5, 0.6) is 0 Å². The third-order valence-corrected chi connectivity index (χ3v) is 5.99. The fourth-order valence-electron chi connectivity index (χ4n) is 4.52. The van der Waals surface area contributed by atoms with Gasteiger partial charge >= 0.3 is 0 Å². The second-order valence-corrected chi connectivity index (χ2v) is 7.98. The topological polar surface area (TPSA) is 24.1 Å². The Bertz CT molecular complexity index is 511. The lowest BCUT2D eigenvalue weighted by Gasteiger charge is -2.29. The summed E-state index contributed by atoms with van der Waals surface area (Å²) in [6.45, 7) is 4.60. The maximum Gasteiger partial charge on any atom is 0.0425 e. The molecule has 2 nitrogen and oxygen atoms in total. The predicted octanol–water partition coefficient (Wildman–Crippen LogP) is 6.44. The molecule has 134 valence electrons. The molecule has 2 aliphatic carbocycles. The molecule has 1 aromatic carbocycles. The number of rotatable bonds is 6. The summed E-state index contributed by atoms with van der Waals surface area (Å²) in [5, 5.41) is 7.80. The van der Waals surface area contributed by atoms with Crippen molar-refractivity contribution in [2.75, 3.05) is 10.6 Å². The molecule has 0 bridgehead atoms. The molecular formula is C22H36N2. The van der Waals surface area contributed by atoms with E-state index in [2.05, 4.69) is 36.6 Å². The molecule has 2 fully saturated rings.